The van der Waals surface area contributed by atoms with Crippen LogP contribution in [0.15, 0.2) is 53.4 Å². The van der Waals surface area contributed by atoms with Gasteiger partial charge in [0, 0.05) is 11.4 Å². The lowest BCUT2D eigenvalue weighted by atomic mass is 10.2. The first-order valence-corrected chi connectivity index (χ1v) is 6.17. The van der Waals surface area contributed by atoms with Crippen molar-refractivity contribution in [1.82, 2.24) is 5.32 Å². The predicted octanol–water partition coefficient (Wildman–Crippen LogP) is 3.44. The lowest BCUT2D eigenvalue weighted by Gasteiger charge is -2.09. The smallest absolute Gasteiger partial charge is 0.319 e. The molecule has 5 heteroatoms. The fraction of sp³-hybridized carbons (Fsp3) is 0.0714. The Bertz CT molecular complexity index is 589. The standard InChI is InChI=1S/C14H13FN2OS/c15-11-5-3-4-10(8-11)9-16-14(18)17-12-6-1-2-7-13(12)19/h1-8,19H,9H2,(H2,16,17,18). The van der Waals surface area contributed by atoms with Crippen LogP contribution in [0.4, 0.5) is 14.9 Å². The number of hydrogen-bond acceptors (Lipinski definition) is 2. The van der Waals surface area contributed by atoms with Gasteiger partial charge in [-0.2, -0.15) is 0 Å². The summed E-state index contributed by atoms with van der Waals surface area (Å²) in [7, 11) is 0. The van der Waals surface area contributed by atoms with Gasteiger partial charge in [-0.25, -0.2) is 9.18 Å². The Morgan fingerprint density at radius 3 is 2.68 bits per heavy atom. The third-order valence-electron chi connectivity index (χ3n) is 2.49. The highest BCUT2D eigenvalue weighted by molar-refractivity contribution is 7.80. The Morgan fingerprint density at radius 1 is 1.16 bits per heavy atom. The van der Waals surface area contributed by atoms with Crippen LogP contribution in [0, 0.1) is 5.82 Å². The van der Waals surface area contributed by atoms with Crippen molar-refractivity contribution in [2.45, 2.75) is 11.4 Å². The van der Waals surface area contributed by atoms with Gasteiger partial charge < -0.3 is 10.6 Å². The molecule has 0 saturated carbocycles. The number of rotatable bonds is 3. The molecule has 0 radical (unpaired) electrons. The maximum Gasteiger partial charge on any atom is 0.319 e. The van der Waals surface area contributed by atoms with E-state index in [-0.39, 0.29) is 18.4 Å². The number of halogens is 1. The number of anilines is 1. The van der Waals surface area contributed by atoms with Crippen LogP contribution in [0.25, 0.3) is 0 Å². The van der Waals surface area contributed by atoms with Crippen LogP contribution in [-0.4, -0.2) is 6.03 Å². The SMILES string of the molecule is O=C(NCc1cccc(F)c1)Nc1ccccc1S. The van der Waals surface area contributed by atoms with Crippen LogP contribution < -0.4 is 10.6 Å². The molecule has 2 amide bonds. The first-order valence-electron chi connectivity index (χ1n) is 5.72. The van der Waals surface area contributed by atoms with E-state index in [9.17, 15) is 9.18 Å². The molecule has 0 aromatic heterocycles. The number of thiol groups is 1. The van der Waals surface area contributed by atoms with Gasteiger partial charge in [-0.15, -0.1) is 12.6 Å². The zero-order valence-corrected chi connectivity index (χ0v) is 11.0. The van der Waals surface area contributed by atoms with Gasteiger partial charge in [-0.3, -0.25) is 0 Å². The minimum atomic E-state index is -0.356. The predicted molar refractivity (Wildman–Crippen MR) is 76.0 cm³/mol. The van der Waals surface area contributed by atoms with Crippen LogP contribution in [0.5, 0.6) is 0 Å². The second kappa shape index (κ2) is 6.24. The van der Waals surface area contributed by atoms with Crippen molar-refractivity contribution in [3.63, 3.8) is 0 Å². The Morgan fingerprint density at radius 2 is 1.95 bits per heavy atom. The fourth-order valence-electron chi connectivity index (χ4n) is 1.58. The van der Waals surface area contributed by atoms with E-state index >= 15 is 0 Å². The monoisotopic (exact) mass is 276 g/mol. The van der Waals surface area contributed by atoms with Gasteiger partial charge >= 0.3 is 6.03 Å². The number of nitrogens with one attached hydrogen (secondary N) is 2. The zero-order valence-electron chi connectivity index (χ0n) is 10.1. The van der Waals surface area contributed by atoms with Crippen molar-refractivity contribution in [3.05, 3.63) is 59.9 Å². The van der Waals surface area contributed by atoms with Crippen molar-refractivity contribution in [1.29, 1.82) is 0 Å². The molecule has 0 unspecified atom stereocenters. The Labute approximate surface area is 116 Å². The molecule has 2 rings (SSSR count). The van der Waals surface area contributed by atoms with E-state index in [0.29, 0.717) is 16.1 Å². The summed E-state index contributed by atoms with van der Waals surface area (Å²) in [5, 5.41) is 5.33. The highest BCUT2D eigenvalue weighted by Gasteiger charge is 2.04. The summed E-state index contributed by atoms with van der Waals surface area (Å²) >= 11 is 4.23. The first-order chi connectivity index (χ1) is 9.15. The number of para-hydroxylation sites is 1. The third-order valence-corrected chi connectivity index (χ3v) is 2.88. The summed E-state index contributed by atoms with van der Waals surface area (Å²) in [6.07, 6.45) is 0. The number of amides is 2. The molecular weight excluding hydrogens is 263 g/mol. The Kier molecular flexibility index (Phi) is 4.41. The summed E-state index contributed by atoms with van der Waals surface area (Å²) in [5.74, 6) is -0.319. The first kappa shape index (κ1) is 13.4. The Balaban J connectivity index is 1.90. The highest BCUT2D eigenvalue weighted by atomic mass is 32.1. The maximum atomic E-state index is 13.0. The number of carbonyl (C=O) groups excluding carboxylic acids is 1. The number of hydrogen-bond donors (Lipinski definition) is 3. The van der Waals surface area contributed by atoms with Crippen molar-refractivity contribution in [2.24, 2.45) is 0 Å². The average molecular weight is 276 g/mol. The molecule has 19 heavy (non-hydrogen) atoms. The Hall–Kier alpha value is -2.01. The highest BCUT2D eigenvalue weighted by Crippen LogP contribution is 2.18. The summed E-state index contributed by atoms with van der Waals surface area (Å²) in [4.78, 5) is 12.4. The molecule has 0 aliphatic rings. The van der Waals surface area contributed by atoms with E-state index in [2.05, 4.69) is 23.3 Å². The van der Waals surface area contributed by atoms with Gasteiger partial charge in [0.2, 0.25) is 0 Å². The largest absolute Gasteiger partial charge is 0.334 e. The van der Waals surface area contributed by atoms with E-state index in [1.165, 1.54) is 12.1 Å². The van der Waals surface area contributed by atoms with Crippen LogP contribution >= 0.6 is 12.6 Å². The minimum absolute atomic E-state index is 0.262. The normalized spacial score (nSPS) is 10.0. The number of carbonyl (C=O) groups is 1. The molecule has 0 saturated heterocycles. The minimum Gasteiger partial charge on any atom is -0.334 e. The number of benzene rings is 2. The molecular formula is C14H13FN2OS. The summed E-state index contributed by atoms with van der Waals surface area (Å²) in [6, 6.07) is 12.9. The van der Waals surface area contributed by atoms with Gasteiger partial charge in [-0.1, -0.05) is 24.3 Å². The van der Waals surface area contributed by atoms with Crippen LogP contribution in [-0.2, 0) is 6.54 Å². The molecule has 0 aliphatic carbocycles. The molecule has 0 atom stereocenters. The lowest BCUT2D eigenvalue weighted by Crippen LogP contribution is -2.28. The molecule has 2 aromatic carbocycles. The molecule has 0 aliphatic heterocycles. The maximum absolute atomic E-state index is 13.0. The van der Waals surface area contributed by atoms with Crippen LogP contribution in [0.2, 0.25) is 0 Å². The molecule has 0 heterocycles. The molecule has 2 aromatic rings. The number of urea groups is 1. The van der Waals surface area contributed by atoms with E-state index in [0.717, 1.165) is 0 Å². The average Bonchev–Trinajstić information content (AvgIpc) is 2.39. The van der Waals surface area contributed by atoms with E-state index in [1.54, 1.807) is 24.3 Å². The van der Waals surface area contributed by atoms with Gasteiger partial charge in [0.15, 0.2) is 0 Å². The molecule has 98 valence electrons. The molecule has 0 spiro atoms. The summed E-state index contributed by atoms with van der Waals surface area (Å²) in [6.45, 7) is 0.262. The molecule has 0 bridgehead atoms. The lowest BCUT2D eigenvalue weighted by molar-refractivity contribution is 0.251. The molecule has 0 fully saturated rings. The fourth-order valence-corrected chi connectivity index (χ4v) is 1.79. The van der Waals surface area contributed by atoms with Crippen LogP contribution in [0.3, 0.4) is 0 Å². The van der Waals surface area contributed by atoms with Crippen molar-refractivity contribution in [2.75, 3.05) is 5.32 Å². The van der Waals surface area contributed by atoms with E-state index in [4.69, 9.17) is 0 Å². The second-order valence-corrected chi connectivity index (χ2v) is 4.44. The topological polar surface area (TPSA) is 41.1 Å². The summed E-state index contributed by atoms with van der Waals surface area (Å²) < 4.78 is 13.0. The quantitative estimate of drug-likeness (QED) is 0.739. The third kappa shape index (κ3) is 3.99. The second-order valence-electron chi connectivity index (χ2n) is 3.95. The van der Waals surface area contributed by atoms with Gasteiger partial charge in [-0.05, 0) is 29.8 Å². The summed E-state index contributed by atoms with van der Waals surface area (Å²) in [5.41, 5.74) is 1.33. The van der Waals surface area contributed by atoms with Gasteiger partial charge in [0.1, 0.15) is 5.82 Å². The van der Waals surface area contributed by atoms with Crippen LogP contribution in [0.1, 0.15) is 5.56 Å². The van der Waals surface area contributed by atoms with Crippen molar-refractivity contribution >= 4 is 24.3 Å². The molecule has 2 N–H and O–H groups in total. The van der Waals surface area contributed by atoms with Gasteiger partial charge in [0.25, 0.3) is 0 Å². The van der Waals surface area contributed by atoms with E-state index in [1.807, 2.05) is 12.1 Å². The van der Waals surface area contributed by atoms with E-state index < -0.39 is 0 Å². The zero-order chi connectivity index (χ0) is 13.7. The molecule has 3 nitrogen and oxygen atoms in total. The van der Waals surface area contributed by atoms with Crippen molar-refractivity contribution < 1.29 is 9.18 Å². The van der Waals surface area contributed by atoms with Gasteiger partial charge in [0.05, 0.1) is 5.69 Å². The van der Waals surface area contributed by atoms with Crippen molar-refractivity contribution in [3.8, 4) is 0 Å².